The molecule has 30 heavy (non-hydrogen) atoms. The van der Waals surface area contributed by atoms with Gasteiger partial charge in [0, 0.05) is 10.4 Å². The molecule has 0 unspecified atom stereocenters. The Morgan fingerprint density at radius 2 is 2.00 bits per heavy atom. The highest BCUT2D eigenvalue weighted by molar-refractivity contribution is 7.20. The maximum Gasteiger partial charge on any atom is 0.261 e. The van der Waals surface area contributed by atoms with Gasteiger partial charge in [0.25, 0.3) is 5.91 Å². The van der Waals surface area contributed by atoms with Crippen molar-refractivity contribution in [3.05, 3.63) is 81.6 Å². The molecule has 5 rings (SSSR count). The average molecular weight is 436 g/mol. The Balaban J connectivity index is 1.35. The van der Waals surface area contributed by atoms with Crippen LogP contribution in [0.4, 0.5) is 0 Å². The van der Waals surface area contributed by atoms with Crippen LogP contribution in [-0.4, -0.2) is 25.7 Å². The number of hydrogen-bond acceptors (Lipinski definition) is 4. The molecule has 0 spiro atoms. The van der Waals surface area contributed by atoms with Crippen LogP contribution in [0, 0.1) is 6.92 Å². The van der Waals surface area contributed by atoms with Crippen molar-refractivity contribution in [3.63, 3.8) is 0 Å². The summed E-state index contributed by atoms with van der Waals surface area (Å²) in [7, 11) is 0. The van der Waals surface area contributed by atoms with Crippen molar-refractivity contribution < 1.29 is 4.79 Å². The van der Waals surface area contributed by atoms with Crippen LogP contribution in [0.15, 0.2) is 54.6 Å². The van der Waals surface area contributed by atoms with Crippen molar-refractivity contribution in [2.45, 2.75) is 20.0 Å². The molecule has 3 aromatic heterocycles. The van der Waals surface area contributed by atoms with Gasteiger partial charge in [0.05, 0.1) is 34.7 Å². The van der Waals surface area contributed by atoms with Gasteiger partial charge in [-0.05, 0) is 42.8 Å². The van der Waals surface area contributed by atoms with Crippen LogP contribution in [0.2, 0.25) is 5.02 Å². The topological polar surface area (TPSA) is 75.6 Å². The van der Waals surface area contributed by atoms with Gasteiger partial charge in [-0.15, -0.1) is 11.3 Å². The minimum absolute atomic E-state index is 0.117. The quantitative estimate of drug-likeness (QED) is 0.411. The number of carbonyl (C=O) groups is 1. The Bertz CT molecular complexity index is 1330. The van der Waals surface area contributed by atoms with Crippen LogP contribution in [0.25, 0.3) is 21.3 Å². The Kier molecular flexibility index (Phi) is 4.77. The molecule has 0 atom stereocenters. The number of halogens is 1. The van der Waals surface area contributed by atoms with Gasteiger partial charge in [0.2, 0.25) is 0 Å². The summed E-state index contributed by atoms with van der Waals surface area (Å²) in [4.78, 5) is 22.1. The van der Waals surface area contributed by atoms with E-state index in [1.165, 1.54) is 11.3 Å². The van der Waals surface area contributed by atoms with E-state index in [-0.39, 0.29) is 5.91 Å². The number of fused-ring (bicyclic) bond motifs is 2. The molecule has 0 aliphatic heterocycles. The van der Waals surface area contributed by atoms with Crippen molar-refractivity contribution in [3.8, 4) is 0 Å². The van der Waals surface area contributed by atoms with Gasteiger partial charge < -0.3 is 10.3 Å². The molecule has 1 amide bonds. The van der Waals surface area contributed by atoms with Gasteiger partial charge in [-0.1, -0.05) is 35.9 Å². The van der Waals surface area contributed by atoms with Crippen LogP contribution in [-0.2, 0) is 13.1 Å². The molecule has 6 nitrogen and oxygen atoms in total. The fraction of sp³-hybridized carbons (Fsp3) is 0.136. The van der Waals surface area contributed by atoms with Crippen molar-refractivity contribution in [1.82, 2.24) is 25.1 Å². The number of aromatic nitrogens is 4. The number of nitrogens with one attached hydrogen (secondary N) is 2. The molecular weight excluding hydrogens is 418 g/mol. The zero-order valence-corrected chi connectivity index (χ0v) is 17.7. The zero-order valence-electron chi connectivity index (χ0n) is 16.1. The summed E-state index contributed by atoms with van der Waals surface area (Å²) in [6.45, 7) is 2.93. The first kappa shape index (κ1) is 18.8. The summed E-state index contributed by atoms with van der Waals surface area (Å²) in [5, 5.41) is 9.30. The standard InChI is InChI=1S/C22H18ClN5OS/c1-13-16-10-19(21(29)24-11-20-25-17-4-2-3-5-18(17)26-20)30-22(16)28(27-13)12-14-6-8-15(23)9-7-14/h2-10H,11-12H2,1H3,(H,24,29)(H,25,26). The monoisotopic (exact) mass is 435 g/mol. The number of rotatable bonds is 5. The molecule has 2 aromatic carbocycles. The summed E-state index contributed by atoms with van der Waals surface area (Å²) in [6.07, 6.45) is 0. The number of para-hydroxylation sites is 2. The number of imidazole rings is 1. The SMILES string of the molecule is Cc1nn(Cc2ccc(Cl)cc2)c2sc(C(=O)NCc3nc4ccccc4[nH]3)cc12. The van der Waals surface area contributed by atoms with E-state index in [1.54, 1.807) is 0 Å². The lowest BCUT2D eigenvalue weighted by molar-refractivity contribution is 0.0954. The second-order valence-electron chi connectivity index (χ2n) is 7.08. The number of benzene rings is 2. The van der Waals surface area contributed by atoms with Crippen molar-refractivity contribution in [2.24, 2.45) is 0 Å². The minimum atomic E-state index is -0.117. The van der Waals surface area contributed by atoms with E-state index in [2.05, 4.69) is 20.4 Å². The van der Waals surface area contributed by atoms with Gasteiger partial charge in [-0.2, -0.15) is 5.10 Å². The highest BCUT2D eigenvalue weighted by Gasteiger charge is 2.17. The predicted molar refractivity (Wildman–Crippen MR) is 120 cm³/mol. The number of carbonyl (C=O) groups excluding carboxylic acids is 1. The van der Waals surface area contributed by atoms with Gasteiger partial charge >= 0.3 is 0 Å². The third-order valence-corrected chi connectivity index (χ3v) is 6.33. The highest BCUT2D eigenvalue weighted by Crippen LogP contribution is 2.29. The van der Waals surface area contributed by atoms with Crippen molar-refractivity contribution >= 4 is 50.1 Å². The van der Waals surface area contributed by atoms with E-state index < -0.39 is 0 Å². The van der Waals surface area contributed by atoms with E-state index in [4.69, 9.17) is 11.6 Å². The third-order valence-electron chi connectivity index (χ3n) is 4.93. The lowest BCUT2D eigenvalue weighted by Crippen LogP contribution is -2.22. The van der Waals surface area contributed by atoms with E-state index >= 15 is 0 Å². The van der Waals surface area contributed by atoms with Gasteiger partial charge in [0.1, 0.15) is 10.7 Å². The fourth-order valence-corrected chi connectivity index (χ4v) is 4.64. The van der Waals surface area contributed by atoms with Crippen molar-refractivity contribution in [1.29, 1.82) is 0 Å². The second kappa shape index (κ2) is 7.59. The first-order valence-electron chi connectivity index (χ1n) is 9.50. The lowest BCUT2D eigenvalue weighted by atomic mass is 10.2. The van der Waals surface area contributed by atoms with Crippen LogP contribution < -0.4 is 5.32 Å². The number of aromatic amines is 1. The molecule has 2 N–H and O–H groups in total. The Morgan fingerprint density at radius 1 is 1.20 bits per heavy atom. The van der Waals surface area contributed by atoms with Crippen molar-refractivity contribution in [2.75, 3.05) is 0 Å². The van der Waals surface area contributed by atoms with Gasteiger partial charge in [-0.25, -0.2) is 4.98 Å². The molecule has 0 aliphatic carbocycles. The number of aryl methyl sites for hydroxylation is 1. The molecule has 150 valence electrons. The smallest absolute Gasteiger partial charge is 0.261 e. The molecule has 0 saturated carbocycles. The van der Waals surface area contributed by atoms with Crippen LogP contribution >= 0.6 is 22.9 Å². The third kappa shape index (κ3) is 3.58. The zero-order chi connectivity index (χ0) is 20.7. The Hall–Kier alpha value is -3.16. The second-order valence-corrected chi connectivity index (χ2v) is 8.55. The summed E-state index contributed by atoms with van der Waals surface area (Å²) in [5.74, 6) is 0.616. The summed E-state index contributed by atoms with van der Waals surface area (Å²) in [6, 6.07) is 17.4. The molecule has 0 radical (unpaired) electrons. The Morgan fingerprint density at radius 3 is 2.80 bits per heavy atom. The summed E-state index contributed by atoms with van der Waals surface area (Å²) in [5.41, 5.74) is 3.86. The molecule has 5 aromatic rings. The Labute approximate surface area is 181 Å². The summed E-state index contributed by atoms with van der Waals surface area (Å²) < 4.78 is 1.94. The number of thiophene rings is 1. The average Bonchev–Trinajstić information content (AvgIpc) is 3.43. The minimum Gasteiger partial charge on any atom is -0.344 e. The highest BCUT2D eigenvalue weighted by atomic mass is 35.5. The lowest BCUT2D eigenvalue weighted by Gasteiger charge is -2.03. The molecular formula is C22H18ClN5OS. The van der Waals surface area contributed by atoms with Crippen LogP contribution in [0.5, 0.6) is 0 Å². The van der Waals surface area contributed by atoms with E-state index in [0.29, 0.717) is 23.0 Å². The first-order chi connectivity index (χ1) is 14.6. The largest absolute Gasteiger partial charge is 0.344 e. The number of H-pyrrole nitrogens is 1. The fourth-order valence-electron chi connectivity index (χ4n) is 3.43. The van der Waals surface area contributed by atoms with Gasteiger partial charge in [0.15, 0.2) is 0 Å². The maximum atomic E-state index is 12.7. The summed E-state index contributed by atoms with van der Waals surface area (Å²) >= 11 is 7.42. The molecule has 0 bridgehead atoms. The number of nitrogens with zero attached hydrogens (tertiary/aromatic N) is 3. The van der Waals surface area contributed by atoms with Crippen LogP contribution in [0.1, 0.15) is 26.8 Å². The normalized spacial score (nSPS) is 11.4. The van der Waals surface area contributed by atoms with Crippen LogP contribution in [0.3, 0.4) is 0 Å². The predicted octanol–water partition coefficient (Wildman–Crippen LogP) is 4.91. The van der Waals surface area contributed by atoms with E-state index in [9.17, 15) is 4.79 Å². The molecule has 0 saturated heterocycles. The number of amides is 1. The number of hydrogen-bond donors (Lipinski definition) is 2. The molecule has 8 heteroatoms. The van der Waals surface area contributed by atoms with Gasteiger partial charge in [-0.3, -0.25) is 9.48 Å². The molecule has 3 heterocycles. The molecule has 0 fully saturated rings. The first-order valence-corrected chi connectivity index (χ1v) is 10.7. The van der Waals surface area contributed by atoms with E-state index in [0.717, 1.165) is 38.3 Å². The van der Waals surface area contributed by atoms with E-state index in [1.807, 2.05) is 66.2 Å². The molecule has 0 aliphatic rings. The maximum absolute atomic E-state index is 12.7.